The van der Waals surface area contributed by atoms with Crippen LogP contribution < -0.4 is 4.74 Å². The monoisotopic (exact) mass is 304 g/mol. The van der Waals surface area contributed by atoms with Crippen LogP contribution in [0.5, 0.6) is 5.75 Å². The van der Waals surface area contributed by atoms with Crippen LogP contribution in [-0.2, 0) is 4.79 Å². The zero-order valence-corrected chi connectivity index (χ0v) is 13.8. The molecule has 2 amide bonds. The highest BCUT2D eigenvalue weighted by atomic mass is 16.5. The maximum atomic E-state index is 12.9. The highest BCUT2D eigenvalue weighted by molar-refractivity contribution is 5.98. The standard InChI is InChI=1S/C17H24N2O3/c1-12-10-13(2)16(15(11-12)22-4)17(21)19-7-5-6-18(8-9-19)14(3)20/h10-11H,5-9H2,1-4H3. The molecule has 0 unspecified atom stereocenters. The van der Waals surface area contributed by atoms with E-state index in [4.69, 9.17) is 4.74 Å². The van der Waals surface area contributed by atoms with E-state index in [-0.39, 0.29) is 11.8 Å². The zero-order valence-electron chi connectivity index (χ0n) is 13.8. The van der Waals surface area contributed by atoms with Gasteiger partial charge < -0.3 is 14.5 Å². The highest BCUT2D eigenvalue weighted by Crippen LogP contribution is 2.26. The first-order valence-corrected chi connectivity index (χ1v) is 7.64. The first-order valence-electron chi connectivity index (χ1n) is 7.64. The van der Waals surface area contributed by atoms with Crippen LogP contribution in [0.15, 0.2) is 12.1 Å². The van der Waals surface area contributed by atoms with E-state index in [9.17, 15) is 9.59 Å². The summed E-state index contributed by atoms with van der Waals surface area (Å²) in [5.74, 6) is 0.674. The van der Waals surface area contributed by atoms with Gasteiger partial charge in [0.05, 0.1) is 12.7 Å². The molecule has 0 spiro atoms. The maximum Gasteiger partial charge on any atom is 0.257 e. The van der Waals surface area contributed by atoms with Gasteiger partial charge in [0, 0.05) is 33.1 Å². The number of carbonyl (C=O) groups excluding carboxylic acids is 2. The molecule has 5 nitrogen and oxygen atoms in total. The van der Waals surface area contributed by atoms with Crippen LogP contribution in [0, 0.1) is 13.8 Å². The molecule has 120 valence electrons. The van der Waals surface area contributed by atoms with Crippen LogP contribution >= 0.6 is 0 Å². The Morgan fingerprint density at radius 1 is 1.05 bits per heavy atom. The molecule has 0 saturated carbocycles. The average Bonchev–Trinajstić information content (AvgIpc) is 2.71. The van der Waals surface area contributed by atoms with Gasteiger partial charge in [-0.15, -0.1) is 0 Å². The Morgan fingerprint density at radius 3 is 2.32 bits per heavy atom. The van der Waals surface area contributed by atoms with Gasteiger partial charge in [0.15, 0.2) is 0 Å². The fourth-order valence-electron chi connectivity index (χ4n) is 2.96. The Bertz CT molecular complexity index is 584. The predicted molar refractivity (Wildman–Crippen MR) is 85.2 cm³/mol. The first kappa shape index (κ1) is 16.3. The summed E-state index contributed by atoms with van der Waals surface area (Å²) < 4.78 is 5.40. The molecule has 0 aliphatic carbocycles. The van der Waals surface area contributed by atoms with Crippen LogP contribution in [0.25, 0.3) is 0 Å². The van der Waals surface area contributed by atoms with Crippen LogP contribution in [-0.4, -0.2) is 54.9 Å². The molecule has 1 aromatic rings. The lowest BCUT2D eigenvalue weighted by Gasteiger charge is -2.23. The van der Waals surface area contributed by atoms with Crippen LogP contribution in [0.2, 0.25) is 0 Å². The molecule has 0 atom stereocenters. The van der Waals surface area contributed by atoms with Crippen LogP contribution in [0.4, 0.5) is 0 Å². The van der Waals surface area contributed by atoms with Gasteiger partial charge in [0.1, 0.15) is 5.75 Å². The Hall–Kier alpha value is -2.04. The molecule has 5 heteroatoms. The van der Waals surface area contributed by atoms with E-state index >= 15 is 0 Å². The highest BCUT2D eigenvalue weighted by Gasteiger charge is 2.25. The van der Waals surface area contributed by atoms with Crippen molar-refractivity contribution in [2.45, 2.75) is 27.2 Å². The molecule has 22 heavy (non-hydrogen) atoms. The molecule has 1 aliphatic rings. The number of hydrogen-bond donors (Lipinski definition) is 0. The van der Waals surface area contributed by atoms with Crippen molar-refractivity contribution >= 4 is 11.8 Å². The minimum absolute atomic E-state index is 0.0141. The molecular weight excluding hydrogens is 280 g/mol. The van der Waals surface area contributed by atoms with Crippen LogP contribution in [0.1, 0.15) is 34.8 Å². The number of hydrogen-bond acceptors (Lipinski definition) is 3. The van der Waals surface area contributed by atoms with Gasteiger partial charge in [-0.1, -0.05) is 6.07 Å². The summed E-state index contributed by atoms with van der Waals surface area (Å²) in [4.78, 5) is 28.0. The number of nitrogens with zero attached hydrogens (tertiary/aromatic N) is 2. The Labute approximate surface area is 131 Å². The van der Waals surface area contributed by atoms with E-state index in [0.717, 1.165) is 17.5 Å². The minimum atomic E-state index is -0.0141. The van der Waals surface area contributed by atoms with Crippen molar-refractivity contribution in [2.75, 3.05) is 33.3 Å². The molecule has 2 rings (SSSR count). The summed E-state index contributed by atoms with van der Waals surface area (Å²) >= 11 is 0. The number of benzene rings is 1. The van der Waals surface area contributed by atoms with Crippen molar-refractivity contribution in [3.8, 4) is 5.75 Å². The zero-order chi connectivity index (χ0) is 16.3. The van der Waals surface area contributed by atoms with Gasteiger partial charge in [-0.3, -0.25) is 9.59 Å². The minimum Gasteiger partial charge on any atom is -0.496 e. The van der Waals surface area contributed by atoms with E-state index in [0.29, 0.717) is 37.5 Å². The fraction of sp³-hybridized carbons (Fsp3) is 0.529. The number of aryl methyl sites for hydroxylation is 2. The third kappa shape index (κ3) is 3.40. The van der Waals surface area contributed by atoms with E-state index < -0.39 is 0 Å². The summed E-state index contributed by atoms with van der Waals surface area (Å²) in [5.41, 5.74) is 2.63. The fourth-order valence-corrected chi connectivity index (χ4v) is 2.96. The van der Waals surface area contributed by atoms with Gasteiger partial charge in [-0.25, -0.2) is 0 Å². The second-order valence-corrected chi connectivity index (χ2v) is 5.81. The normalized spacial score (nSPS) is 15.5. The van der Waals surface area contributed by atoms with E-state index in [1.54, 1.807) is 18.9 Å². The van der Waals surface area contributed by atoms with Crippen molar-refractivity contribution in [2.24, 2.45) is 0 Å². The van der Waals surface area contributed by atoms with Crippen molar-refractivity contribution in [3.05, 3.63) is 28.8 Å². The van der Waals surface area contributed by atoms with Crippen molar-refractivity contribution in [1.29, 1.82) is 0 Å². The average molecular weight is 304 g/mol. The number of amides is 2. The summed E-state index contributed by atoms with van der Waals surface area (Å²) in [6, 6.07) is 3.88. The van der Waals surface area contributed by atoms with Gasteiger partial charge in [0.25, 0.3) is 5.91 Å². The van der Waals surface area contributed by atoms with Gasteiger partial charge in [-0.2, -0.15) is 0 Å². The molecule has 1 fully saturated rings. The summed E-state index contributed by atoms with van der Waals surface area (Å²) in [6.45, 7) is 8.03. The second kappa shape index (κ2) is 6.81. The lowest BCUT2D eigenvalue weighted by atomic mass is 10.0. The van der Waals surface area contributed by atoms with Gasteiger partial charge in [0.2, 0.25) is 5.91 Å². The molecule has 1 aromatic carbocycles. The molecule has 0 radical (unpaired) electrons. The maximum absolute atomic E-state index is 12.9. The number of rotatable bonds is 2. The molecule has 0 aromatic heterocycles. The van der Waals surface area contributed by atoms with Crippen molar-refractivity contribution in [1.82, 2.24) is 9.80 Å². The number of ether oxygens (including phenoxy) is 1. The summed E-state index contributed by atoms with van der Waals surface area (Å²) in [6.07, 6.45) is 0.804. The molecule has 0 bridgehead atoms. The van der Waals surface area contributed by atoms with Crippen molar-refractivity contribution in [3.63, 3.8) is 0 Å². The largest absolute Gasteiger partial charge is 0.496 e. The third-order valence-corrected chi connectivity index (χ3v) is 4.11. The molecular formula is C17H24N2O3. The van der Waals surface area contributed by atoms with E-state index in [1.807, 2.05) is 30.9 Å². The molecule has 1 saturated heterocycles. The van der Waals surface area contributed by atoms with Gasteiger partial charge in [-0.05, 0) is 37.5 Å². The smallest absolute Gasteiger partial charge is 0.257 e. The summed E-state index contributed by atoms with van der Waals surface area (Å²) in [5, 5.41) is 0. The SMILES string of the molecule is COc1cc(C)cc(C)c1C(=O)N1CCCN(C(C)=O)CC1. The summed E-state index contributed by atoms with van der Waals surface area (Å²) in [7, 11) is 1.59. The van der Waals surface area contributed by atoms with E-state index in [2.05, 4.69) is 0 Å². The Balaban J connectivity index is 2.23. The topological polar surface area (TPSA) is 49.9 Å². The lowest BCUT2D eigenvalue weighted by Crippen LogP contribution is -2.37. The number of carbonyl (C=O) groups is 2. The van der Waals surface area contributed by atoms with Gasteiger partial charge >= 0.3 is 0 Å². The molecule has 1 aliphatic heterocycles. The predicted octanol–water partition coefficient (Wildman–Crippen LogP) is 2.01. The number of methoxy groups -OCH3 is 1. The Kier molecular flexibility index (Phi) is 5.06. The van der Waals surface area contributed by atoms with E-state index in [1.165, 1.54) is 0 Å². The lowest BCUT2D eigenvalue weighted by molar-refractivity contribution is -0.128. The molecule has 1 heterocycles. The Morgan fingerprint density at radius 2 is 1.68 bits per heavy atom. The quantitative estimate of drug-likeness (QED) is 0.840. The first-order chi connectivity index (χ1) is 10.4. The molecule has 0 N–H and O–H groups in total. The van der Waals surface area contributed by atoms with Crippen LogP contribution in [0.3, 0.4) is 0 Å². The second-order valence-electron chi connectivity index (χ2n) is 5.81. The van der Waals surface area contributed by atoms with Crippen molar-refractivity contribution < 1.29 is 14.3 Å². The third-order valence-electron chi connectivity index (χ3n) is 4.11.